The van der Waals surface area contributed by atoms with Gasteiger partial charge in [0.05, 0.1) is 5.69 Å². The van der Waals surface area contributed by atoms with E-state index in [1.54, 1.807) is 25.2 Å². The number of terminal acetylenes is 2. The number of Topliss-reactive ketones (excluding diaryl/α,β-unsaturated/α-hetero) is 1. The van der Waals surface area contributed by atoms with Gasteiger partial charge < -0.3 is 4.90 Å². The van der Waals surface area contributed by atoms with Gasteiger partial charge in [0.1, 0.15) is 5.41 Å². The van der Waals surface area contributed by atoms with Crippen LogP contribution >= 0.6 is 15.9 Å². The van der Waals surface area contributed by atoms with Gasteiger partial charge in [-0.25, -0.2) is 0 Å². The van der Waals surface area contributed by atoms with Crippen LogP contribution in [0.4, 0.5) is 5.69 Å². The molecule has 0 radical (unpaired) electrons. The summed E-state index contributed by atoms with van der Waals surface area (Å²) >= 11 is 3.33. The highest BCUT2D eigenvalue weighted by atomic mass is 79.9. The average Bonchev–Trinajstić information content (AvgIpc) is 2.43. The summed E-state index contributed by atoms with van der Waals surface area (Å²) in [4.78, 5) is 26.8. The zero-order valence-corrected chi connectivity index (χ0v) is 12.5. The van der Waals surface area contributed by atoms with Gasteiger partial charge in [0.25, 0.3) is 0 Å². The monoisotopic (exact) mass is 329 g/mol. The molecule has 1 amide bonds. The number of anilines is 1. The third kappa shape index (κ3) is 1.94. The molecular formula is C16H12BrNO2. The summed E-state index contributed by atoms with van der Waals surface area (Å²) in [5.74, 6) is 4.19. The molecule has 100 valence electrons. The van der Waals surface area contributed by atoms with Crippen LogP contribution in [0.5, 0.6) is 0 Å². The van der Waals surface area contributed by atoms with Crippen LogP contribution in [-0.2, 0) is 4.79 Å². The Bertz CT molecular complexity index is 663. The molecule has 0 unspecified atom stereocenters. The Morgan fingerprint density at radius 3 is 2.40 bits per heavy atom. The van der Waals surface area contributed by atoms with E-state index in [-0.39, 0.29) is 24.5 Å². The summed E-state index contributed by atoms with van der Waals surface area (Å²) in [6.45, 7) is 0. The molecule has 0 N–H and O–H groups in total. The quantitative estimate of drug-likeness (QED) is 0.618. The van der Waals surface area contributed by atoms with Crippen molar-refractivity contribution in [3.8, 4) is 24.7 Å². The molecule has 0 saturated carbocycles. The van der Waals surface area contributed by atoms with Crippen molar-refractivity contribution in [3.63, 3.8) is 0 Å². The van der Waals surface area contributed by atoms with E-state index < -0.39 is 5.41 Å². The minimum Gasteiger partial charge on any atom is -0.314 e. The van der Waals surface area contributed by atoms with E-state index in [1.807, 2.05) is 0 Å². The molecule has 3 nitrogen and oxygen atoms in total. The zero-order chi connectivity index (χ0) is 14.9. The van der Waals surface area contributed by atoms with E-state index in [4.69, 9.17) is 12.8 Å². The summed E-state index contributed by atoms with van der Waals surface area (Å²) in [6, 6.07) is 5.21. The number of fused-ring (bicyclic) bond motifs is 1. The molecule has 0 atom stereocenters. The maximum atomic E-state index is 12.8. The van der Waals surface area contributed by atoms with Crippen molar-refractivity contribution >= 4 is 33.3 Å². The van der Waals surface area contributed by atoms with Crippen molar-refractivity contribution in [2.24, 2.45) is 5.41 Å². The Labute approximate surface area is 126 Å². The van der Waals surface area contributed by atoms with Crippen LogP contribution < -0.4 is 4.90 Å². The lowest BCUT2D eigenvalue weighted by Gasteiger charge is -2.38. The predicted molar refractivity (Wildman–Crippen MR) is 81.2 cm³/mol. The number of rotatable bonds is 2. The fourth-order valence-corrected chi connectivity index (χ4v) is 2.85. The number of ketones is 1. The van der Waals surface area contributed by atoms with Gasteiger partial charge in [0.15, 0.2) is 5.78 Å². The summed E-state index contributed by atoms with van der Waals surface area (Å²) in [5, 5.41) is 0. The topological polar surface area (TPSA) is 37.4 Å². The fourth-order valence-electron chi connectivity index (χ4n) is 2.49. The molecule has 2 rings (SSSR count). The molecule has 0 spiro atoms. The second-order valence-corrected chi connectivity index (χ2v) is 5.61. The molecule has 0 aromatic heterocycles. The van der Waals surface area contributed by atoms with Gasteiger partial charge in [-0.2, -0.15) is 0 Å². The van der Waals surface area contributed by atoms with Crippen molar-refractivity contribution in [2.45, 2.75) is 12.8 Å². The fraction of sp³-hybridized carbons (Fsp3) is 0.250. The first-order valence-electron chi connectivity index (χ1n) is 5.97. The lowest BCUT2D eigenvalue weighted by molar-refractivity contribution is -0.125. The van der Waals surface area contributed by atoms with E-state index in [0.29, 0.717) is 11.3 Å². The predicted octanol–water partition coefficient (Wildman–Crippen LogP) is 2.64. The summed E-state index contributed by atoms with van der Waals surface area (Å²) in [6.07, 6.45) is 10.7. The molecule has 1 heterocycles. The van der Waals surface area contributed by atoms with Gasteiger partial charge in [-0.15, -0.1) is 24.7 Å². The molecule has 0 aliphatic carbocycles. The van der Waals surface area contributed by atoms with Crippen molar-refractivity contribution < 1.29 is 9.59 Å². The van der Waals surface area contributed by atoms with Gasteiger partial charge in [-0.3, -0.25) is 9.59 Å². The first kappa shape index (κ1) is 14.4. The highest BCUT2D eigenvalue weighted by Gasteiger charge is 2.51. The Hall–Kier alpha value is -2.04. The van der Waals surface area contributed by atoms with Gasteiger partial charge >= 0.3 is 0 Å². The second-order valence-electron chi connectivity index (χ2n) is 4.70. The van der Waals surface area contributed by atoms with E-state index in [0.717, 1.165) is 4.47 Å². The van der Waals surface area contributed by atoms with Gasteiger partial charge in [-0.05, 0) is 18.2 Å². The first-order valence-corrected chi connectivity index (χ1v) is 6.76. The summed E-state index contributed by atoms with van der Waals surface area (Å²) < 4.78 is 0.766. The standard InChI is InChI=1S/C16H12BrNO2/c1-4-8-16(9-5-2)14(19)12-10-11(17)6-7-13(12)18(3)15(16)20/h1-2,6-7,10H,8-9H2,3H3. The van der Waals surface area contributed by atoms with Crippen molar-refractivity contribution in [3.05, 3.63) is 28.2 Å². The van der Waals surface area contributed by atoms with Gasteiger partial charge in [0.2, 0.25) is 5.91 Å². The number of nitrogens with zero attached hydrogens (tertiary/aromatic N) is 1. The minimum atomic E-state index is -1.34. The lowest BCUT2D eigenvalue weighted by Crippen LogP contribution is -2.51. The Kier molecular flexibility index (Phi) is 3.70. The summed E-state index contributed by atoms with van der Waals surface area (Å²) in [7, 11) is 1.63. The maximum absolute atomic E-state index is 12.8. The number of benzene rings is 1. The van der Waals surface area contributed by atoms with Crippen LogP contribution in [0.3, 0.4) is 0 Å². The number of hydrogen-bond donors (Lipinski definition) is 0. The number of amides is 1. The molecule has 0 saturated heterocycles. The van der Waals surface area contributed by atoms with Crippen molar-refractivity contribution in [1.82, 2.24) is 0 Å². The number of halogens is 1. The number of carbonyl (C=O) groups excluding carboxylic acids is 2. The summed E-state index contributed by atoms with van der Waals surface area (Å²) in [5.41, 5.74) is -0.300. The molecular weight excluding hydrogens is 318 g/mol. The second kappa shape index (κ2) is 5.15. The zero-order valence-electron chi connectivity index (χ0n) is 10.9. The highest BCUT2D eigenvalue weighted by Crippen LogP contribution is 2.42. The van der Waals surface area contributed by atoms with Crippen molar-refractivity contribution in [2.75, 3.05) is 11.9 Å². The third-order valence-electron chi connectivity index (χ3n) is 3.52. The minimum absolute atomic E-state index is 0.00512. The molecule has 0 bridgehead atoms. The largest absolute Gasteiger partial charge is 0.314 e. The molecule has 1 aliphatic rings. The first-order chi connectivity index (χ1) is 9.47. The molecule has 20 heavy (non-hydrogen) atoms. The van der Waals surface area contributed by atoms with Crippen LogP contribution in [0.2, 0.25) is 0 Å². The van der Waals surface area contributed by atoms with Crippen LogP contribution in [0.1, 0.15) is 23.2 Å². The molecule has 1 aliphatic heterocycles. The normalized spacial score (nSPS) is 16.3. The maximum Gasteiger partial charge on any atom is 0.242 e. The van der Waals surface area contributed by atoms with Crippen LogP contribution in [0.25, 0.3) is 0 Å². The smallest absolute Gasteiger partial charge is 0.242 e. The van der Waals surface area contributed by atoms with Crippen LogP contribution in [0.15, 0.2) is 22.7 Å². The lowest BCUT2D eigenvalue weighted by atomic mass is 9.71. The van der Waals surface area contributed by atoms with E-state index in [9.17, 15) is 9.59 Å². The Balaban J connectivity index is 2.70. The SMILES string of the molecule is C#CCC1(CC#C)C(=O)c2cc(Br)ccc2N(C)C1=O. The molecule has 4 heteroatoms. The van der Waals surface area contributed by atoms with E-state index in [2.05, 4.69) is 27.8 Å². The highest BCUT2D eigenvalue weighted by molar-refractivity contribution is 9.10. The van der Waals surface area contributed by atoms with Gasteiger partial charge in [-0.1, -0.05) is 15.9 Å². The molecule has 1 aromatic rings. The average molecular weight is 330 g/mol. The van der Waals surface area contributed by atoms with E-state index >= 15 is 0 Å². The van der Waals surface area contributed by atoms with Crippen LogP contribution in [-0.4, -0.2) is 18.7 Å². The van der Waals surface area contributed by atoms with Crippen molar-refractivity contribution in [1.29, 1.82) is 0 Å². The van der Waals surface area contributed by atoms with Crippen LogP contribution in [0, 0.1) is 30.1 Å². The third-order valence-corrected chi connectivity index (χ3v) is 4.01. The van der Waals surface area contributed by atoms with E-state index in [1.165, 1.54) is 4.90 Å². The molecule has 0 fully saturated rings. The molecule has 1 aromatic carbocycles. The number of hydrogen-bond acceptors (Lipinski definition) is 2. The van der Waals surface area contributed by atoms with Gasteiger partial charge in [0, 0.05) is 29.9 Å². The Morgan fingerprint density at radius 2 is 1.85 bits per heavy atom. The Morgan fingerprint density at radius 1 is 1.25 bits per heavy atom. The number of carbonyl (C=O) groups is 2.